The van der Waals surface area contributed by atoms with Crippen LogP contribution in [0.3, 0.4) is 0 Å². The lowest BCUT2D eigenvalue weighted by atomic mass is 10.1. The van der Waals surface area contributed by atoms with Gasteiger partial charge in [0.05, 0.1) is 21.3 Å². The normalized spacial score (nSPS) is 9.95. The number of hydrogen-bond donors (Lipinski definition) is 15. The van der Waals surface area contributed by atoms with Crippen molar-refractivity contribution in [3.63, 3.8) is 0 Å². The van der Waals surface area contributed by atoms with Crippen molar-refractivity contribution in [2.75, 3.05) is 125 Å². The first-order valence-electron chi connectivity index (χ1n) is 32.7. The van der Waals surface area contributed by atoms with E-state index in [4.69, 9.17) is 48.6 Å². The lowest BCUT2D eigenvalue weighted by Gasteiger charge is -2.06. The molecule has 0 fully saturated rings. The molecule has 0 aliphatic heterocycles. The Kier molecular flexibility index (Phi) is 30.8. The molecular weight excluding hydrogens is 1450 g/mol. The number of aromatic nitrogens is 18. The largest absolute Gasteiger partial charge is 0.467 e. The highest BCUT2D eigenvalue weighted by Crippen LogP contribution is 2.17. The van der Waals surface area contributed by atoms with Gasteiger partial charge in [-0.3, -0.25) is 60.7 Å². The third kappa shape index (κ3) is 27.4. The maximum absolute atomic E-state index is 12.0. The van der Waals surface area contributed by atoms with Gasteiger partial charge in [-0.05, 0) is 100 Å². The Morgan fingerprint density at radius 3 is 0.696 bits per heavy atom. The van der Waals surface area contributed by atoms with Gasteiger partial charge in [0.2, 0.25) is 89.2 Å². The number of carbonyl (C=O) groups excluding carboxylic acids is 6. The molecule has 0 saturated heterocycles. The molecule has 0 atom stereocenters. The number of hydrogen-bond acceptors (Lipinski definition) is 36. The summed E-state index contributed by atoms with van der Waals surface area (Å²) in [5, 5.41) is 23.5. The molecule has 6 aromatic heterocycles. The Morgan fingerprint density at radius 2 is 0.455 bits per heavy atom. The van der Waals surface area contributed by atoms with Crippen LogP contribution in [0.2, 0.25) is 0 Å². The molecule has 0 aliphatic carbocycles. The summed E-state index contributed by atoms with van der Waals surface area (Å²) in [5.41, 5.74) is 40.2. The number of ether oxygens (including phenoxy) is 3. The van der Waals surface area contributed by atoms with Crippen LogP contribution < -0.4 is 96.5 Å². The van der Waals surface area contributed by atoms with Crippen LogP contribution in [-0.4, -0.2) is 168 Å². The minimum Gasteiger partial charge on any atom is -0.467 e. The minimum absolute atomic E-state index is 0.0219. The molecule has 0 aliphatic rings. The first-order chi connectivity index (χ1) is 53.7. The number of nitrogens with zero attached hydrogens (tertiary/aromatic N) is 18. The first kappa shape index (κ1) is 83.1. The number of methoxy groups -OCH3 is 3. The Labute approximate surface area is 638 Å². The summed E-state index contributed by atoms with van der Waals surface area (Å²) in [7, 11) is 9.16. The van der Waals surface area contributed by atoms with Crippen molar-refractivity contribution >= 4 is 125 Å². The molecule has 12 aromatic rings. The van der Waals surface area contributed by atoms with Gasteiger partial charge in [0, 0.05) is 54.5 Å². The van der Waals surface area contributed by atoms with Crippen LogP contribution in [0.4, 0.5) is 89.2 Å². The third-order valence-corrected chi connectivity index (χ3v) is 13.7. The molecule has 6 amide bonds. The predicted octanol–water partition coefficient (Wildman–Crippen LogP) is 5.62. The number of amides is 6. The molecule has 42 nitrogen and oxygen atoms in total. The molecule has 6 aromatic carbocycles. The van der Waals surface area contributed by atoms with Crippen LogP contribution in [-0.2, 0) is 0 Å². The van der Waals surface area contributed by atoms with Crippen LogP contribution in [0.5, 0.6) is 18.0 Å². The fraction of sp³-hybridized carbons (Fsp3) is 0.143. The van der Waals surface area contributed by atoms with Crippen molar-refractivity contribution in [3.8, 4) is 18.0 Å². The zero-order valence-electron chi connectivity index (χ0n) is 61.7. The van der Waals surface area contributed by atoms with E-state index in [2.05, 4.69) is 138 Å². The van der Waals surface area contributed by atoms with Gasteiger partial charge in [-0.2, -0.15) is 89.7 Å². The molecule has 0 unspecified atom stereocenters. The molecule has 112 heavy (non-hydrogen) atoms. The van der Waals surface area contributed by atoms with Gasteiger partial charge in [-0.25, -0.2) is 0 Å². The molecule has 12 rings (SSSR count). The molecule has 0 spiro atoms. The van der Waals surface area contributed by atoms with Crippen molar-refractivity contribution in [1.82, 2.24) is 89.7 Å². The van der Waals surface area contributed by atoms with Crippen molar-refractivity contribution < 1.29 is 43.0 Å². The number of carbonyl (C=O) groups is 6. The zero-order valence-corrected chi connectivity index (χ0v) is 61.7. The Balaban J connectivity index is 0.000000187. The number of benzene rings is 6. The molecule has 0 bridgehead atoms. The average molecular weight is 1520 g/mol. The van der Waals surface area contributed by atoms with Gasteiger partial charge in [0.25, 0.3) is 35.4 Å². The molecule has 6 heterocycles. The molecule has 576 valence electrons. The maximum Gasteiger partial charge on any atom is 0.322 e. The first-order valence-corrected chi connectivity index (χ1v) is 32.7. The van der Waals surface area contributed by atoms with E-state index in [1.165, 1.54) is 21.3 Å². The van der Waals surface area contributed by atoms with Gasteiger partial charge < -0.3 is 64.6 Å². The maximum atomic E-state index is 12.0. The molecular formula is C70H77N33O9. The Hall–Kier alpha value is -16.2. The summed E-state index contributed by atoms with van der Waals surface area (Å²) >= 11 is 0. The van der Waals surface area contributed by atoms with Gasteiger partial charge >= 0.3 is 18.0 Å². The summed E-state index contributed by atoms with van der Waals surface area (Å²) in [6.45, 7) is 7.71. The summed E-state index contributed by atoms with van der Waals surface area (Å²) < 4.78 is 14.5. The SMILES string of the molecule is CNc1nc(N)nc(NC(=O)c2ccc(C)cc2)n1.CNc1nc(N)nc(NC(=O)c2cccc(C)c2)n1.CNc1nc(N)nc(NC(=O)c2ccccc2)n1.COc1nc(N)nc(NC(=O)c2ccc(C)cc2)n1.COc1nc(N)nc(NC(=O)c2cccc(C)c2)n1.COc1nc(N)nc(NC(=O)c2ccccc2)n1. The third-order valence-electron chi connectivity index (χ3n) is 13.7. The van der Waals surface area contributed by atoms with Crippen LogP contribution in [0.15, 0.2) is 158 Å². The van der Waals surface area contributed by atoms with Gasteiger partial charge in [-0.1, -0.05) is 107 Å². The second-order valence-electron chi connectivity index (χ2n) is 22.2. The highest BCUT2D eigenvalue weighted by molar-refractivity contribution is 6.06. The zero-order chi connectivity index (χ0) is 81.2. The van der Waals surface area contributed by atoms with Gasteiger partial charge in [0.1, 0.15) is 0 Å². The minimum atomic E-state index is -0.330. The highest BCUT2D eigenvalue weighted by Gasteiger charge is 2.17. The highest BCUT2D eigenvalue weighted by atomic mass is 16.5. The van der Waals surface area contributed by atoms with E-state index >= 15 is 0 Å². The number of nitrogens with one attached hydrogen (secondary N) is 9. The lowest BCUT2D eigenvalue weighted by Crippen LogP contribution is -2.16. The van der Waals surface area contributed by atoms with E-state index in [1.807, 2.05) is 82.3 Å². The number of nitrogens with two attached hydrogens (primary N) is 6. The molecule has 0 radical (unpaired) electrons. The standard InChI is InChI=1S/2C12H14N6O.2C12H13N5O2.C11H12N6O.C11H11N5O2/c1-7-3-5-8(6-4-7)9(19)15-12-17-10(13)16-11(14-2)18-12;1-7-4-3-5-8(6-7)9(19)15-12-17-10(13)16-11(14-2)18-12;1-7-3-5-8(6-4-7)9(18)14-11-15-10(13)16-12(17-11)19-2;1-7-4-3-5-8(6-7)9(18)14-11-15-10(13)16-12(17-11)19-2;1-13-10-15-9(12)16-11(17-10)14-8(18)7-5-3-2-4-6-7;1-18-11-15-9(12)14-10(16-11)13-8(17)7-5-3-2-4-6-7/h2*3-6H,1-2H3,(H4,13,14,15,16,17,18,19);2*3-6H,1-2H3,(H3,13,14,15,16,17,18);2-6H,1H3,(H4,12,13,14,15,16,17,18);2-6H,1H3,(H3,12,13,14,15,16,17). The van der Waals surface area contributed by atoms with Gasteiger partial charge in [-0.15, -0.1) is 0 Å². The van der Waals surface area contributed by atoms with Crippen molar-refractivity contribution in [2.24, 2.45) is 0 Å². The summed E-state index contributed by atoms with van der Waals surface area (Å²) in [6.07, 6.45) is 0. The van der Waals surface area contributed by atoms with E-state index in [1.54, 1.807) is 124 Å². The van der Waals surface area contributed by atoms with Crippen molar-refractivity contribution in [2.45, 2.75) is 27.7 Å². The molecule has 0 saturated carbocycles. The van der Waals surface area contributed by atoms with Crippen LogP contribution in [0.1, 0.15) is 84.4 Å². The van der Waals surface area contributed by atoms with E-state index in [-0.39, 0.29) is 125 Å². The van der Waals surface area contributed by atoms with Gasteiger partial charge in [0.15, 0.2) is 0 Å². The van der Waals surface area contributed by atoms with E-state index in [0.717, 1.165) is 22.3 Å². The van der Waals surface area contributed by atoms with Crippen LogP contribution in [0.25, 0.3) is 0 Å². The summed E-state index contributed by atoms with van der Waals surface area (Å²) in [6, 6.07) is 46.3. The lowest BCUT2D eigenvalue weighted by molar-refractivity contribution is 0.101. The number of anilines is 15. The van der Waals surface area contributed by atoms with Crippen LogP contribution in [0, 0.1) is 27.7 Å². The van der Waals surface area contributed by atoms with E-state index in [0.29, 0.717) is 51.2 Å². The fourth-order valence-electron chi connectivity index (χ4n) is 8.44. The second kappa shape index (κ2) is 41.5. The Morgan fingerprint density at radius 1 is 0.241 bits per heavy atom. The quantitative estimate of drug-likeness (QED) is 0.0495. The average Bonchev–Trinajstić information content (AvgIpc) is 0.889. The van der Waals surface area contributed by atoms with E-state index in [9.17, 15) is 28.8 Å². The van der Waals surface area contributed by atoms with Crippen LogP contribution >= 0.6 is 0 Å². The number of aryl methyl sites for hydroxylation is 4. The van der Waals surface area contributed by atoms with Crippen molar-refractivity contribution in [1.29, 1.82) is 0 Å². The Bertz CT molecular complexity index is 4880. The fourth-order valence-corrected chi connectivity index (χ4v) is 8.44. The van der Waals surface area contributed by atoms with Crippen molar-refractivity contribution in [3.05, 3.63) is 213 Å². The molecule has 21 N–H and O–H groups in total. The summed E-state index contributed by atoms with van der Waals surface area (Å²) in [4.78, 5) is 141. The second-order valence-corrected chi connectivity index (χ2v) is 22.2. The predicted molar refractivity (Wildman–Crippen MR) is 419 cm³/mol. The monoisotopic (exact) mass is 1520 g/mol. The number of rotatable bonds is 18. The van der Waals surface area contributed by atoms with E-state index < -0.39 is 0 Å². The smallest absolute Gasteiger partial charge is 0.322 e. The molecule has 42 heteroatoms. The number of nitrogen functional groups attached to an aromatic ring is 6. The topological polar surface area (TPSA) is 627 Å². The summed E-state index contributed by atoms with van der Waals surface area (Å²) in [5.74, 6) is -0.438.